The molecule has 4 aromatic rings. The fraction of sp³-hybridized carbons (Fsp3) is 0.174. The summed E-state index contributed by atoms with van der Waals surface area (Å²) in [5.74, 6) is 2.02. The molecule has 0 atom stereocenters. The van der Waals surface area contributed by atoms with E-state index in [1.54, 1.807) is 12.3 Å². The minimum atomic E-state index is -0.114. The number of benzene rings is 2. The molecule has 0 aliphatic carbocycles. The second-order valence-electron chi connectivity index (χ2n) is 6.75. The van der Waals surface area contributed by atoms with Crippen molar-refractivity contribution in [2.24, 2.45) is 0 Å². The van der Waals surface area contributed by atoms with Crippen LogP contribution in [0.25, 0.3) is 17.3 Å². The number of carbonyl (C=O) groups excluding carboxylic acids is 1. The van der Waals surface area contributed by atoms with Gasteiger partial charge in [0.05, 0.1) is 24.3 Å². The van der Waals surface area contributed by atoms with E-state index in [-0.39, 0.29) is 11.7 Å². The van der Waals surface area contributed by atoms with Crippen molar-refractivity contribution >= 4 is 23.4 Å². The number of aromatic nitrogens is 3. The molecule has 8 heteroatoms. The second kappa shape index (κ2) is 9.53. The number of thioether (sulfide) groups is 1. The smallest absolute Gasteiger partial charge is 0.234 e. The average molecular weight is 435 g/mol. The van der Waals surface area contributed by atoms with Crippen LogP contribution in [0.15, 0.2) is 76.5 Å². The molecule has 0 saturated heterocycles. The van der Waals surface area contributed by atoms with Crippen molar-refractivity contribution in [3.8, 4) is 23.0 Å². The van der Waals surface area contributed by atoms with Crippen molar-refractivity contribution in [1.82, 2.24) is 14.8 Å². The molecule has 0 aliphatic heterocycles. The van der Waals surface area contributed by atoms with Gasteiger partial charge in [-0.15, -0.1) is 10.2 Å². The van der Waals surface area contributed by atoms with Crippen molar-refractivity contribution < 1.29 is 13.9 Å². The number of rotatable bonds is 8. The van der Waals surface area contributed by atoms with Gasteiger partial charge in [-0.25, -0.2) is 0 Å². The summed E-state index contributed by atoms with van der Waals surface area (Å²) in [4.78, 5) is 12.5. The number of hydrogen-bond acceptors (Lipinski definition) is 6. The van der Waals surface area contributed by atoms with Gasteiger partial charge in [-0.05, 0) is 67.9 Å². The molecule has 1 amide bonds. The number of anilines is 1. The number of aryl methyl sites for hydroxylation is 1. The van der Waals surface area contributed by atoms with Crippen LogP contribution >= 0.6 is 11.8 Å². The van der Waals surface area contributed by atoms with Gasteiger partial charge in [0.1, 0.15) is 5.75 Å². The Balaban J connectivity index is 1.56. The predicted molar refractivity (Wildman–Crippen MR) is 121 cm³/mol. The van der Waals surface area contributed by atoms with E-state index in [0.29, 0.717) is 23.3 Å². The van der Waals surface area contributed by atoms with Crippen LogP contribution in [-0.4, -0.2) is 33.0 Å². The number of nitrogens with zero attached hydrogens (tertiary/aromatic N) is 3. The molecule has 2 heterocycles. The molecule has 0 spiro atoms. The molecule has 0 aliphatic rings. The molecule has 2 aromatic carbocycles. The van der Waals surface area contributed by atoms with Gasteiger partial charge in [-0.1, -0.05) is 23.9 Å². The average Bonchev–Trinajstić information content (AvgIpc) is 3.43. The zero-order valence-electron chi connectivity index (χ0n) is 17.2. The summed E-state index contributed by atoms with van der Waals surface area (Å²) in [5, 5.41) is 12.1. The van der Waals surface area contributed by atoms with Crippen LogP contribution < -0.4 is 10.1 Å². The lowest BCUT2D eigenvalue weighted by atomic mass is 10.2. The monoisotopic (exact) mass is 434 g/mol. The lowest BCUT2D eigenvalue weighted by Crippen LogP contribution is -2.14. The summed E-state index contributed by atoms with van der Waals surface area (Å²) in [5.41, 5.74) is 2.71. The maximum Gasteiger partial charge on any atom is 0.234 e. The summed E-state index contributed by atoms with van der Waals surface area (Å²) < 4.78 is 12.9. The van der Waals surface area contributed by atoms with Crippen LogP contribution in [0.3, 0.4) is 0 Å². The largest absolute Gasteiger partial charge is 0.494 e. The lowest BCUT2D eigenvalue weighted by molar-refractivity contribution is -0.113. The third-order valence-corrected chi connectivity index (χ3v) is 5.34. The molecule has 7 nitrogen and oxygen atoms in total. The first-order valence-corrected chi connectivity index (χ1v) is 10.8. The van der Waals surface area contributed by atoms with E-state index < -0.39 is 0 Å². The summed E-state index contributed by atoms with van der Waals surface area (Å²) in [6.07, 6.45) is 1.59. The van der Waals surface area contributed by atoms with Gasteiger partial charge < -0.3 is 14.5 Å². The van der Waals surface area contributed by atoms with Crippen LogP contribution in [-0.2, 0) is 4.79 Å². The fourth-order valence-corrected chi connectivity index (χ4v) is 3.82. The van der Waals surface area contributed by atoms with Gasteiger partial charge >= 0.3 is 0 Å². The number of amides is 1. The Morgan fingerprint density at radius 1 is 1.13 bits per heavy atom. The number of carbonyl (C=O) groups is 1. The molecule has 1 N–H and O–H groups in total. The summed E-state index contributed by atoms with van der Waals surface area (Å²) in [6, 6.07) is 19.0. The topological polar surface area (TPSA) is 82.2 Å². The molecule has 0 saturated carbocycles. The number of furan rings is 1. The number of hydrogen-bond donors (Lipinski definition) is 1. The lowest BCUT2D eigenvalue weighted by Gasteiger charge is -2.11. The van der Waals surface area contributed by atoms with E-state index in [1.807, 2.05) is 73.0 Å². The third-order valence-electron chi connectivity index (χ3n) is 4.42. The second-order valence-corrected chi connectivity index (χ2v) is 7.69. The van der Waals surface area contributed by atoms with Crippen LogP contribution in [0.4, 0.5) is 5.69 Å². The normalized spacial score (nSPS) is 10.8. The molecule has 4 rings (SSSR count). The molecule has 2 aromatic heterocycles. The minimum Gasteiger partial charge on any atom is -0.494 e. The highest BCUT2D eigenvalue weighted by atomic mass is 32.2. The van der Waals surface area contributed by atoms with Gasteiger partial charge in [-0.2, -0.15) is 0 Å². The Morgan fingerprint density at radius 2 is 1.97 bits per heavy atom. The molecule has 158 valence electrons. The van der Waals surface area contributed by atoms with Gasteiger partial charge in [0.2, 0.25) is 11.7 Å². The zero-order chi connectivity index (χ0) is 21.6. The van der Waals surface area contributed by atoms with E-state index in [2.05, 4.69) is 15.5 Å². The molecule has 0 fully saturated rings. The van der Waals surface area contributed by atoms with Crippen LogP contribution in [0.5, 0.6) is 5.75 Å². The van der Waals surface area contributed by atoms with Gasteiger partial charge in [-0.3, -0.25) is 9.36 Å². The first-order chi connectivity index (χ1) is 15.1. The van der Waals surface area contributed by atoms with Crippen molar-refractivity contribution in [2.45, 2.75) is 19.0 Å². The Hall–Kier alpha value is -3.52. The van der Waals surface area contributed by atoms with Crippen molar-refractivity contribution in [3.05, 3.63) is 72.5 Å². The van der Waals surface area contributed by atoms with E-state index >= 15 is 0 Å². The first kappa shape index (κ1) is 20.7. The highest BCUT2D eigenvalue weighted by Crippen LogP contribution is 2.29. The molecule has 0 radical (unpaired) electrons. The predicted octanol–water partition coefficient (Wildman–Crippen LogP) is 4.97. The van der Waals surface area contributed by atoms with E-state index in [0.717, 1.165) is 22.7 Å². The zero-order valence-corrected chi connectivity index (χ0v) is 18.1. The Kier molecular flexibility index (Phi) is 6.37. The van der Waals surface area contributed by atoms with Crippen molar-refractivity contribution in [2.75, 3.05) is 17.7 Å². The quantitative estimate of drug-likeness (QED) is 0.395. The standard InChI is InChI=1S/C23H22N4O3S/c1-3-29-19-11-9-18(10-12-19)27-22(20-8-5-13-30-20)25-26-23(27)31-15-21(28)24-17-7-4-6-16(2)14-17/h4-14H,3,15H2,1-2H3,(H,24,28). The van der Waals surface area contributed by atoms with Crippen LogP contribution in [0.1, 0.15) is 12.5 Å². The maximum absolute atomic E-state index is 12.5. The Morgan fingerprint density at radius 3 is 2.68 bits per heavy atom. The number of nitrogens with one attached hydrogen (secondary N) is 1. The minimum absolute atomic E-state index is 0.114. The first-order valence-electron chi connectivity index (χ1n) is 9.86. The van der Waals surface area contributed by atoms with E-state index in [1.165, 1.54) is 11.8 Å². The highest BCUT2D eigenvalue weighted by molar-refractivity contribution is 7.99. The van der Waals surface area contributed by atoms with Gasteiger partial charge in [0.25, 0.3) is 0 Å². The van der Waals surface area contributed by atoms with Gasteiger partial charge in [0.15, 0.2) is 10.9 Å². The summed E-state index contributed by atoms with van der Waals surface area (Å²) in [7, 11) is 0. The van der Waals surface area contributed by atoms with E-state index in [9.17, 15) is 4.79 Å². The molecular weight excluding hydrogens is 412 g/mol. The van der Waals surface area contributed by atoms with Crippen LogP contribution in [0, 0.1) is 6.92 Å². The Bertz CT molecular complexity index is 1150. The SMILES string of the molecule is CCOc1ccc(-n2c(SCC(=O)Nc3cccc(C)c3)nnc2-c2ccco2)cc1. The highest BCUT2D eigenvalue weighted by Gasteiger charge is 2.19. The fourth-order valence-electron chi connectivity index (χ4n) is 3.07. The molecule has 0 bridgehead atoms. The maximum atomic E-state index is 12.5. The van der Waals surface area contributed by atoms with Crippen molar-refractivity contribution in [1.29, 1.82) is 0 Å². The number of ether oxygens (including phenoxy) is 1. The molecule has 31 heavy (non-hydrogen) atoms. The summed E-state index contributed by atoms with van der Waals surface area (Å²) >= 11 is 1.31. The molecule has 0 unspecified atom stereocenters. The van der Waals surface area contributed by atoms with E-state index in [4.69, 9.17) is 9.15 Å². The van der Waals surface area contributed by atoms with Crippen molar-refractivity contribution in [3.63, 3.8) is 0 Å². The Labute approximate surface area is 184 Å². The van der Waals surface area contributed by atoms with Gasteiger partial charge in [0, 0.05) is 5.69 Å². The summed E-state index contributed by atoms with van der Waals surface area (Å²) in [6.45, 7) is 4.53. The molecular formula is C23H22N4O3S. The van der Waals surface area contributed by atoms with Crippen LogP contribution in [0.2, 0.25) is 0 Å². The third kappa shape index (κ3) is 4.97.